The van der Waals surface area contributed by atoms with E-state index in [0.29, 0.717) is 38.1 Å². The zero-order chi connectivity index (χ0) is 30.9. The highest BCUT2D eigenvalue weighted by Gasteiger charge is 2.18. The zero-order valence-corrected chi connectivity index (χ0v) is 25.1. The van der Waals surface area contributed by atoms with Crippen LogP contribution in [0.2, 0.25) is 10.0 Å². The van der Waals surface area contributed by atoms with Gasteiger partial charge in [0.2, 0.25) is 11.8 Å². The van der Waals surface area contributed by atoms with Gasteiger partial charge in [0, 0.05) is 37.4 Å². The lowest BCUT2D eigenvalue weighted by Gasteiger charge is -2.14. The Morgan fingerprint density at radius 3 is 2.19 bits per heavy atom. The van der Waals surface area contributed by atoms with Crippen molar-refractivity contribution in [3.8, 4) is 0 Å². The number of hydrogen-bond donors (Lipinski definition) is 4. The van der Waals surface area contributed by atoms with Crippen LogP contribution in [0.3, 0.4) is 0 Å². The molecule has 0 aliphatic heterocycles. The minimum atomic E-state index is -0.581. The standard InChI is InChI=1S/C32H26Cl2N4O4S/c1-19(30(40)36-24-14-11-20(12-15-24)29(35)39)43-26-9-5-8-25(18-26)37-32(42)28(16-22-10-13-23(33)17-27(22)34)38-31(41)21-6-3-2-4-7-21/h2-19H,1H3,(H2,35,39)(H,36,40)(H,37,42)(H,38,41)/b28-16+. The van der Waals surface area contributed by atoms with Gasteiger partial charge in [0.1, 0.15) is 5.70 Å². The normalized spacial score (nSPS) is 11.7. The lowest BCUT2D eigenvalue weighted by Crippen LogP contribution is -2.30. The van der Waals surface area contributed by atoms with Crippen LogP contribution in [-0.4, -0.2) is 28.9 Å². The summed E-state index contributed by atoms with van der Waals surface area (Å²) in [5.41, 5.74) is 7.40. The van der Waals surface area contributed by atoms with Gasteiger partial charge in [-0.25, -0.2) is 0 Å². The number of halogens is 2. The van der Waals surface area contributed by atoms with Gasteiger partial charge in [-0.05, 0) is 85.3 Å². The molecular formula is C32H26Cl2N4O4S. The van der Waals surface area contributed by atoms with Crippen molar-refractivity contribution in [3.63, 3.8) is 0 Å². The van der Waals surface area contributed by atoms with E-state index in [2.05, 4.69) is 16.0 Å². The Hall–Kier alpha value is -4.57. The van der Waals surface area contributed by atoms with Crippen LogP contribution >= 0.6 is 35.0 Å². The van der Waals surface area contributed by atoms with Crippen LogP contribution in [-0.2, 0) is 9.59 Å². The van der Waals surface area contributed by atoms with Gasteiger partial charge >= 0.3 is 0 Å². The smallest absolute Gasteiger partial charge is 0.272 e. The molecule has 1 atom stereocenters. The number of rotatable bonds is 10. The number of carbonyl (C=O) groups excluding carboxylic acids is 4. The minimum Gasteiger partial charge on any atom is -0.366 e. The van der Waals surface area contributed by atoms with E-state index in [4.69, 9.17) is 28.9 Å². The van der Waals surface area contributed by atoms with Gasteiger partial charge in [0.05, 0.1) is 5.25 Å². The third kappa shape index (κ3) is 8.96. The summed E-state index contributed by atoms with van der Waals surface area (Å²) in [5, 5.41) is 8.53. The van der Waals surface area contributed by atoms with Crippen molar-refractivity contribution < 1.29 is 19.2 Å². The quantitative estimate of drug-likeness (QED) is 0.115. The Morgan fingerprint density at radius 2 is 1.51 bits per heavy atom. The average Bonchev–Trinajstić information content (AvgIpc) is 2.98. The van der Waals surface area contributed by atoms with Crippen molar-refractivity contribution >= 4 is 76.0 Å². The summed E-state index contributed by atoms with van der Waals surface area (Å²) in [6, 6.07) is 26.5. The Kier molecular flexibility index (Phi) is 10.6. The lowest BCUT2D eigenvalue weighted by molar-refractivity contribution is -0.115. The highest BCUT2D eigenvalue weighted by atomic mass is 35.5. The van der Waals surface area contributed by atoms with Crippen molar-refractivity contribution in [2.75, 3.05) is 10.6 Å². The Balaban J connectivity index is 1.48. The van der Waals surface area contributed by atoms with Crippen LogP contribution in [0.25, 0.3) is 6.08 Å². The van der Waals surface area contributed by atoms with E-state index in [9.17, 15) is 19.2 Å². The summed E-state index contributed by atoms with van der Waals surface area (Å²) in [6.45, 7) is 1.75. The third-order valence-electron chi connectivity index (χ3n) is 6.00. The number of primary amides is 1. The summed E-state index contributed by atoms with van der Waals surface area (Å²) in [4.78, 5) is 51.1. The summed E-state index contributed by atoms with van der Waals surface area (Å²) in [7, 11) is 0. The van der Waals surface area contributed by atoms with Gasteiger partial charge in [-0.3, -0.25) is 19.2 Å². The molecule has 0 saturated heterocycles. The Morgan fingerprint density at radius 1 is 0.791 bits per heavy atom. The molecule has 218 valence electrons. The first-order valence-electron chi connectivity index (χ1n) is 12.9. The van der Waals surface area contributed by atoms with Crippen LogP contribution in [0.15, 0.2) is 108 Å². The molecule has 0 aromatic heterocycles. The number of hydrogen-bond acceptors (Lipinski definition) is 5. The van der Waals surface area contributed by atoms with Crippen molar-refractivity contribution in [2.24, 2.45) is 5.73 Å². The molecule has 4 aromatic carbocycles. The molecule has 4 rings (SSSR count). The molecule has 4 aromatic rings. The number of anilines is 2. The van der Waals surface area contributed by atoms with Crippen molar-refractivity contribution in [1.82, 2.24) is 5.32 Å². The van der Waals surface area contributed by atoms with Crippen molar-refractivity contribution in [3.05, 3.63) is 129 Å². The van der Waals surface area contributed by atoms with E-state index in [1.165, 1.54) is 36.0 Å². The zero-order valence-electron chi connectivity index (χ0n) is 22.8. The van der Waals surface area contributed by atoms with Crippen LogP contribution in [0, 0.1) is 0 Å². The van der Waals surface area contributed by atoms with Crippen molar-refractivity contribution in [1.29, 1.82) is 0 Å². The van der Waals surface area contributed by atoms with E-state index in [1.807, 2.05) is 6.07 Å². The molecule has 0 aliphatic rings. The molecule has 0 heterocycles. The van der Waals surface area contributed by atoms with Gasteiger partial charge < -0.3 is 21.7 Å². The molecule has 1 unspecified atom stereocenters. The lowest BCUT2D eigenvalue weighted by atomic mass is 10.1. The van der Waals surface area contributed by atoms with E-state index >= 15 is 0 Å². The molecule has 8 nitrogen and oxygen atoms in total. The van der Waals surface area contributed by atoms with E-state index in [1.54, 1.807) is 79.7 Å². The molecule has 4 amide bonds. The molecule has 11 heteroatoms. The van der Waals surface area contributed by atoms with Crippen LogP contribution in [0.4, 0.5) is 11.4 Å². The molecule has 0 radical (unpaired) electrons. The second-order valence-corrected chi connectivity index (χ2v) is 11.5. The molecule has 5 N–H and O–H groups in total. The highest BCUT2D eigenvalue weighted by Crippen LogP contribution is 2.27. The molecule has 0 saturated carbocycles. The number of nitrogens with one attached hydrogen (secondary N) is 3. The number of amides is 4. The summed E-state index contributed by atoms with van der Waals surface area (Å²) < 4.78 is 0. The van der Waals surface area contributed by atoms with Gasteiger partial charge in [-0.1, -0.05) is 53.5 Å². The van der Waals surface area contributed by atoms with E-state index < -0.39 is 23.0 Å². The maximum absolute atomic E-state index is 13.4. The fourth-order valence-electron chi connectivity index (χ4n) is 3.78. The first-order valence-corrected chi connectivity index (χ1v) is 14.5. The Bertz CT molecular complexity index is 1700. The summed E-state index contributed by atoms with van der Waals surface area (Å²) in [5.74, 6) is -1.85. The second-order valence-electron chi connectivity index (χ2n) is 9.22. The molecular weight excluding hydrogens is 607 g/mol. The van der Waals surface area contributed by atoms with Crippen molar-refractivity contribution in [2.45, 2.75) is 17.1 Å². The largest absolute Gasteiger partial charge is 0.366 e. The monoisotopic (exact) mass is 632 g/mol. The topological polar surface area (TPSA) is 130 Å². The van der Waals surface area contributed by atoms with Crippen LogP contribution in [0.5, 0.6) is 0 Å². The van der Waals surface area contributed by atoms with Gasteiger partial charge in [0.15, 0.2) is 0 Å². The minimum absolute atomic E-state index is 0.0359. The first-order chi connectivity index (χ1) is 20.6. The molecule has 0 bridgehead atoms. The number of thioether (sulfide) groups is 1. The summed E-state index contributed by atoms with van der Waals surface area (Å²) >= 11 is 13.6. The molecule has 0 aliphatic carbocycles. The highest BCUT2D eigenvalue weighted by molar-refractivity contribution is 8.00. The predicted octanol–water partition coefficient (Wildman–Crippen LogP) is 6.62. The predicted molar refractivity (Wildman–Crippen MR) is 172 cm³/mol. The maximum Gasteiger partial charge on any atom is 0.272 e. The van der Waals surface area contributed by atoms with Gasteiger partial charge in [-0.2, -0.15) is 0 Å². The Labute approximate surface area is 262 Å². The maximum atomic E-state index is 13.4. The van der Waals surface area contributed by atoms with E-state index in [0.717, 1.165) is 4.90 Å². The number of carbonyl (C=O) groups is 4. The third-order valence-corrected chi connectivity index (χ3v) is 7.66. The van der Waals surface area contributed by atoms with Crippen LogP contribution in [0.1, 0.15) is 33.2 Å². The SMILES string of the molecule is CC(Sc1cccc(NC(=O)/C(=C\c2ccc(Cl)cc2Cl)NC(=O)c2ccccc2)c1)C(=O)Nc1ccc(C(N)=O)cc1. The molecule has 0 fully saturated rings. The van der Waals surface area contributed by atoms with E-state index in [-0.39, 0.29) is 11.6 Å². The molecule has 43 heavy (non-hydrogen) atoms. The van der Waals surface area contributed by atoms with Crippen LogP contribution < -0.4 is 21.7 Å². The van der Waals surface area contributed by atoms with Gasteiger partial charge in [0.25, 0.3) is 11.8 Å². The first kappa shape index (κ1) is 31.4. The van der Waals surface area contributed by atoms with Gasteiger partial charge in [-0.15, -0.1) is 11.8 Å². The number of nitrogens with two attached hydrogens (primary N) is 1. The second kappa shape index (κ2) is 14.6. The molecule has 0 spiro atoms. The fraction of sp³-hybridized carbons (Fsp3) is 0.0625. The fourth-order valence-corrected chi connectivity index (χ4v) is 5.17. The number of benzene rings is 4. The average molecular weight is 634 g/mol. The summed E-state index contributed by atoms with van der Waals surface area (Å²) in [6.07, 6.45) is 1.47.